The minimum atomic E-state index is -0.468. The topological polar surface area (TPSA) is 43.1 Å². The van der Waals surface area contributed by atoms with E-state index in [9.17, 15) is 4.79 Å². The minimum absolute atomic E-state index is 0.386. The lowest BCUT2D eigenvalue weighted by Crippen LogP contribution is -2.23. The maximum atomic E-state index is 10.7. The third-order valence-corrected chi connectivity index (χ3v) is 3.55. The zero-order chi connectivity index (χ0) is 12.9. The molecule has 0 fully saturated rings. The van der Waals surface area contributed by atoms with Crippen LogP contribution in [0.5, 0.6) is 0 Å². The van der Waals surface area contributed by atoms with Crippen molar-refractivity contribution in [3.63, 3.8) is 0 Å². The van der Waals surface area contributed by atoms with E-state index in [1.165, 1.54) is 57.8 Å². The standard InChI is InChI=1S/C14H28ClNO/c1-2-3-4-5-6-7-8-9-10-11-12-13(15)14(16)17/h13H,2-12H2,1H3,(H2,16,17). The summed E-state index contributed by atoms with van der Waals surface area (Å²) in [6, 6.07) is 0. The summed E-state index contributed by atoms with van der Waals surface area (Å²) in [5.74, 6) is -0.386. The normalized spacial score (nSPS) is 12.6. The summed E-state index contributed by atoms with van der Waals surface area (Å²) in [6.45, 7) is 2.25. The highest BCUT2D eigenvalue weighted by Gasteiger charge is 2.09. The smallest absolute Gasteiger partial charge is 0.235 e. The zero-order valence-corrected chi connectivity index (χ0v) is 12.0. The first-order valence-electron chi connectivity index (χ1n) is 7.12. The molecule has 2 nitrogen and oxygen atoms in total. The summed E-state index contributed by atoms with van der Waals surface area (Å²) >= 11 is 5.75. The van der Waals surface area contributed by atoms with Crippen LogP contribution in [-0.2, 0) is 4.79 Å². The van der Waals surface area contributed by atoms with Crippen LogP contribution >= 0.6 is 11.6 Å². The second kappa shape index (κ2) is 12.2. The molecule has 2 N–H and O–H groups in total. The molecule has 0 aromatic carbocycles. The fourth-order valence-electron chi connectivity index (χ4n) is 1.95. The first-order chi connectivity index (χ1) is 8.18. The van der Waals surface area contributed by atoms with Crippen molar-refractivity contribution in [3.8, 4) is 0 Å². The van der Waals surface area contributed by atoms with E-state index >= 15 is 0 Å². The molecule has 0 saturated carbocycles. The average molecular weight is 262 g/mol. The Balaban J connectivity index is 3.06. The van der Waals surface area contributed by atoms with Crippen molar-refractivity contribution in [2.45, 2.75) is 82.9 Å². The summed E-state index contributed by atoms with van der Waals surface area (Å²) in [6.07, 6.45) is 13.7. The highest BCUT2D eigenvalue weighted by molar-refractivity contribution is 6.30. The number of carbonyl (C=O) groups excluding carboxylic acids is 1. The van der Waals surface area contributed by atoms with E-state index in [1.807, 2.05) is 0 Å². The molecule has 0 aliphatic heterocycles. The monoisotopic (exact) mass is 261 g/mol. The highest BCUT2D eigenvalue weighted by Crippen LogP contribution is 2.13. The SMILES string of the molecule is CCCCCCCCCCCCC(Cl)C(N)=O. The molecule has 102 valence electrons. The Kier molecular flexibility index (Phi) is 12.1. The van der Waals surface area contributed by atoms with Crippen LogP contribution < -0.4 is 5.73 Å². The Morgan fingerprint density at radius 3 is 1.76 bits per heavy atom. The number of unbranched alkanes of at least 4 members (excludes halogenated alkanes) is 9. The van der Waals surface area contributed by atoms with E-state index in [1.54, 1.807) is 0 Å². The van der Waals surface area contributed by atoms with Gasteiger partial charge in [0.2, 0.25) is 5.91 Å². The van der Waals surface area contributed by atoms with Gasteiger partial charge in [-0.2, -0.15) is 0 Å². The summed E-state index contributed by atoms with van der Waals surface area (Å²) in [5, 5.41) is -0.468. The van der Waals surface area contributed by atoms with E-state index < -0.39 is 5.38 Å². The summed E-state index contributed by atoms with van der Waals surface area (Å²) in [4.78, 5) is 10.7. The lowest BCUT2D eigenvalue weighted by molar-refractivity contribution is -0.117. The summed E-state index contributed by atoms with van der Waals surface area (Å²) < 4.78 is 0. The number of amides is 1. The molecular weight excluding hydrogens is 234 g/mol. The van der Waals surface area contributed by atoms with Crippen LogP contribution in [0.1, 0.15) is 77.6 Å². The van der Waals surface area contributed by atoms with Gasteiger partial charge in [0.15, 0.2) is 0 Å². The van der Waals surface area contributed by atoms with Crippen molar-refractivity contribution in [1.82, 2.24) is 0 Å². The lowest BCUT2D eigenvalue weighted by Gasteiger charge is -2.05. The molecule has 0 rings (SSSR count). The van der Waals surface area contributed by atoms with Crippen LogP contribution in [0, 0.1) is 0 Å². The van der Waals surface area contributed by atoms with E-state index in [0.29, 0.717) is 0 Å². The van der Waals surface area contributed by atoms with Gasteiger partial charge >= 0.3 is 0 Å². The van der Waals surface area contributed by atoms with Crippen LogP contribution in [0.3, 0.4) is 0 Å². The van der Waals surface area contributed by atoms with Gasteiger partial charge in [0.05, 0.1) is 0 Å². The van der Waals surface area contributed by atoms with Gasteiger partial charge in [-0.25, -0.2) is 0 Å². The summed E-state index contributed by atoms with van der Waals surface area (Å²) in [7, 11) is 0. The van der Waals surface area contributed by atoms with Gasteiger partial charge < -0.3 is 5.73 Å². The predicted octanol–water partition coefficient (Wildman–Crippen LogP) is 4.39. The van der Waals surface area contributed by atoms with Crippen molar-refractivity contribution >= 4 is 17.5 Å². The largest absolute Gasteiger partial charge is 0.368 e. The van der Waals surface area contributed by atoms with E-state index in [2.05, 4.69) is 6.92 Å². The fraction of sp³-hybridized carbons (Fsp3) is 0.929. The minimum Gasteiger partial charge on any atom is -0.368 e. The van der Waals surface area contributed by atoms with Gasteiger partial charge in [-0.3, -0.25) is 4.79 Å². The van der Waals surface area contributed by atoms with E-state index in [4.69, 9.17) is 17.3 Å². The average Bonchev–Trinajstić information content (AvgIpc) is 2.31. The van der Waals surface area contributed by atoms with Gasteiger partial charge in [-0.1, -0.05) is 71.1 Å². The van der Waals surface area contributed by atoms with Gasteiger partial charge in [-0.05, 0) is 6.42 Å². The van der Waals surface area contributed by atoms with Crippen molar-refractivity contribution in [1.29, 1.82) is 0 Å². The molecule has 0 spiro atoms. The molecule has 0 bridgehead atoms. The Labute approximate surface area is 111 Å². The van der Waals surface area contributed by atoms with E-state index in [-0.39, 0.29) is 5.91 Å². The van der Waals surface area contributed by atoms with Crippen LogP contribution in [0.25, 0.3) is 0 Å². The molecule has 0 saturated heterocycles. The Hall–Kier alpha value is -0.240. The third kappa shape index (κ3) is 12.0. The Morgan fingerprint density at radius 1 is 0.941 bits per heavy atom. The maximum Gasteiger partial charge on any atom is 0.235 e. The number of primary amides is 1. The third-order valence-electron chi connectivity index (χ3n) is 3.12. The van der Waals surface area contributed by atoms with Crippen LogP contribution in [0.15, 0.2) is 0 Å². The Bertz CT molecular complexity index is 185. The van der Waals surface area contributed by atoms with Crippen molar-refractivity contribution in [3.05, 3.63) is 0 Å². The van der Waals surface area contributed by atoms with Crippen molar-refractivity contribution in [2.24, 2.45) is 5.73 Å². The number of carbonyl (C=O) groups is 1. The predicted molar refractivity (Wildman–Crippen MR) is 75.3 cm³/mol. The fourth-order valence-corrected chi connectivity index (χ4v) is 2.11. The molecule has 17 heavy (non-hydrogen) atoms. The van der Waals surface area contributed by atoms with Crippen LogP contribution in [-0.4, -0.2) is 11.3 Å². The van der Waals surface area contributed by atoms with Crippen molar-refractivity contribution < 1.29 is 4.79 Å². The quantitative estimate of drug-likeness (QED) is 0.411. The van der Waals surface area contributed by atoms with E-state index in [0.717, 1.165) is 12.8 Å². The second-order valence-electron chi connectivity index (χ2n) is 4.84. The maximum absolute atomic E-state index is 10.7. The highest BCUT2D eigenvalue weighted by atomic mass is 35.5. The molecule has 1 amide bonds. The molecule has 0 aliphatic carbocycles. The number of nitrogens with two attached hydrogens (primary N) is 1. The van der Waals surface area contributed by atoms with Gasteiger partial charge in [0.1, 0.15) is 5.38 Å². The molecule has 0 heterocycles. The van der Waals surface area contributed by atoms with Gasteiger partial charge in [0.25, 0.3) is 0 Å². The second-order valence-corrected chi connectivity index (χ2v) is 5.37. The molecule has 0 aromatic heterocycles. The van der Waals surface area contributed by atoms with Gasteiger partial charge in [-0.15, -0.1) is 11.6 Å². The number of halogens is 1. The van der Waals surface area contributed by atoms with Crippen LogP contribution in [0.2, 0.25) is 0 Å². The molecule has 1 atom stereocenters. The number of alkyl halides is 1. The molecule has 0 aliphatic rings. The molecule has 1 unspecified atom stereocenters. The number of rotatable bonds is 12. The number of hydrogen-bond donors (Lipinski definition) is 1. The molecule has 0 radical (unpaired) electrons. The molecular formula is C14H28ClNO. The zero-order valence-electron chi connectivity index (χ0n) is 11.2. The first-order valence-corrected chi connectivity index (χ1v) is 7.55. The first kappa shape index (κ1) is 16.8. The Morgan fingerprint density at radius 2 is 1.35 bits per heavy atom. The van der Waals surface area contributed by atoms with Gasteiger partial charge in [0, 0.05) is 0 Å². The molecule has 3 heteroatoms. The molecule has 0 aromatic rings. The van der Waals surface area contributed by atoms with Crippen molar-refractivity contribution in [2.75, 3.05) is 0 Å². The number of hydrogen-bond acceptors (Lipinski definition) is 1. The lowest BCUT2D eigenvalue weighted by atomic mass is 10.1. The summed E-state index contributed by atoms with van der Waals surface area (Å²) in [5.41, 5.74) is 5.09. The van der Waals surface area contributed by atoms with Crippen LogP contribution in [0.4, 0.5) is 0 Å².